The van der Waals surface area contributed by atoms with E-state index in [4.69, 9.17) is 15.8 Å². The smallest absolute Gasteiger partial charge is 0.164 e. The minimum atomic E-state index is -0.614. The largest absolute Gasteiger partial charge is 0.508 e. The summed E-state index contributed by atoms with van der Waals surface area (Å²) in [5.74, 6) is -1.03. The molecule has 0 saturated heterocycles. The number of rotatable bonds is 5. The molecule has 3 N–H and O–H groups in total. The molecule has 0 fully saturated rings. The highest BCUT2D eigenvalue weighted by molar-refractivity contribution is 5.98. The molecule has 0 radical (unpaired) electrons. The van der Waals surface area contributed by atoms with Gasteiger partial charge in [0, 0.05) is 28.1 Å². The number of hydrogen-bond donors (Lipinski definition) is 2. The second-order valence-electron chi connectivity index (χ2n) is 9.01. The van der Waals surface area contributed by atoms with Gasteiger partial charge in [-0.05, 0) is 48.4 Å². The minimum Gasteiger partial charge on any atom is -0.508 e. The van der Waals surface area contributed by atoms with Gasteiger partial charge in [0.05, 0.1) is 23.1 Å². The number of benzene rings is 3. The number of hydrogen-bond acceptors (Lipinski definition) is 6. The Labute approximate surface area is 216 Å². The molecule has 0 aliphatic carbocycles. The van der Waals surface area contributed by atoms with Crippen molar-refractivity contribution in [3.05, 3.63) is 95.8 Å². The van der Waals surface area contributed by atoms with E-state index in [2.05, 4.69) is 9.97 Å². The van der Waals surface area contributed by atoms with Crippen LogP contribution in [0.25, 0.3) is 44.5 Å². The maximum atomic E-state index is 14.4. The van der Waals surface area contributed by atoms with Crippen LogP contribution < -0.4 is 5.73 Å². The first-order valence-corrected chi connectivity index (χ1v) is 12.1. The lowest BCUT2D eigenvalue weighted by molar-refractivity contribution is 0.469. The molecule has 0 aliphatic rings. The van der Waals surface area contributed by atoms with Gasteiger partial charge in [0.15, 0.2) is 5.65 Å². The van der Waals surface area contributed by atoms with Crippen molar-refractivity contribution in [2.45, 2.75) is 19.9 Å². The van der Waals surface area contributed by atoms with Crippen molar-refractivity contribution in [2.24, 2.45) is 0 Å². The van der Waals surface area contributed by atoms with Crippen molar-refractivity contribution in [1.29, 1.82) is 0 Å². The molecule has 0 amide bonds. The lowest BCUT2D eigenvalue weighted by atomic mass is 9.97. The van der Waals surface area contributed by atoms with Crippen molar-refractivity contribution in [3.63, 3.8) is 0 Å². The summed E-state index contributed by atoms with van der Waals surface area (Å²) < 4.78 is 30.2. The van der Waals surface area contributed by atoms with Crippen LogP contribution >= 0.6 is 0 Å². The summed E-state index contributed by atoms with van der Waals surface area (Å²) in [7, 11) is 0. The fourth-order valence-corrected chi connectivity index (χ4v) is 4.81. The molecule has 6 rings (SSSR count). The van der Waals surface area contributed by atoms with Crippen LogP contribution in [0.1, 0.15) is 18.1 Å². The maximum absolute atomic E-state index is 14.4. The van der Waals surface area contributed by atoms with Crippen LogP contribution in [-0.4, -0.2) is 29.8 Å². The topological polar surface area (TPSA) is 103 Å². The summed E-state index contributed by atoms with van der Waals surface area (Å²) in [6.45, 7) is 2.24. The van der Waals surface area contributed by atoms with Gasteiger partial charge in [-0.3, -0.25) is 0 Å². The Kier molecular flexibility index (Phi) is 5.68. The Morgan fingerprint density at radius 2 is 1.74 bits per heavy atom. The highest BCUT2D eigenvalue weighted by atomic mass is 19.1. The van der Waals surface area contributed by atoms with Crippen LogP contribution in [0.3, 0.4) is 0 Å². The summed E-state index contributed by atoms with van der Waals surface area (Å²) in [6.07, 6.45) is 2.04. The monoisotopic (exact) mass is 508 g/mol. The second kappa shape index (κ2) is 9.19. The van der Waals surface area contributed by atoms with Gasteiger partial charge in [-0.15, -0.1) is 0 Å². The zero-order valence-electron chi connectivity index (χ0n) is 20.4. The van der Waals surface area contributed by atoms with Crippen molar-refractivity contribution in [1.82, 2.24) is 24.7 Å². The van der Waals surface area contributed by atoms with E-state index in [9.17, 15) is 13.9 Å². The predicted octanol–water partition coefficient (Wildman–Crippen LogP) is 5.89. The molecule has 3 heterocycles. The molecule has 3 aromatic carbocycles. The van der Waals surface area contributed by atoms with Gasteiger partial charge in [-0.1, -0.05) is 31.2 Å². The molecule has 38 heavy (non-hydrogen) atoms. The summed E-state index contributed by atoms with van der Waals surface area (Å²) in [6, 6.07) is 18.1. The molecule has 0 spiro atoms. The third-order valence-electron chi connectivity index (χ3n) is 6.55. The summed E-state index contributed by atoms with van der Waals surface area (Å²) in [5.41, 5.74) is 11.2. The summed E-state index contributed by atoms with van der Waals surface area (Å²) in [4.78, 5) is 13.4. The van der Waals surface area contributed by atoms with E-state index in [1.807, 2.05) is 37.3 Å². The van der Waals surface area contributed by atoms with E-state index in [1.54, 1.807) is 10.7 Å². The third kappa shape index (κ3) is 4.07. The number of phenolic OH excluding ortho intramolecular Hbond substituents is 1. The van der Waals surface area contributed by atoms with E-state index in [1.165, 1.54) is 30.6 Å². The number of nitrogens with zero attached hydrogens (tertiary/aromatic N) is 5. The van der Waals surface area contributed by atoms with E-state index in [-0.39, 0.29) is 23.9 Å². The number of aryl methyl sites for hydroxylation is 1. The molecule has 0 atom stereocenters. The van der Waals surface area contributed by atoms with E-state index < -0.39 is 5.82 Å². The van der Waals surface area contributed by atoms with Crippen molar-refractivity contribution in [2.75, 3.05) is 5.73 Å². The number of aromatic nitrogens is 5. The standard InChI is InChI=1S/C29H22F2N6O/c1-2-16-7-8-20(30)13-23(16)26-19(9-17-5-3-4-6-24(17)35-26)14-37-29-25(28(32)33-15-34-29)27(36-37)18-10-21(31)12-22(38)11-18/h3-13,15,38H,2,14H2,1H3,(H2,32,33,34). The number of para-hydroxylation sites is 1. The third-order valence-corrected chi connectivity index (χ3v) is 6.55. The fraction of sp³-hybridized carbons (Fsp3) is 0.103. The van der Waals surface area contributed by atoms with Crippen LogP contribution in [0.15, 0.2) is 73.1 Å². The van der Waals surface area contributed by atoms with E-state index in [0.717, 1.165) is 28.1 Å². The fourth-order valence-electron chi connectivity index (χ4n) is 4.81. The number of nitrogens with two attached hydrogens (primary N) is 1. The summed E-state index contributed by atoms with van der Waals surface area (Å²) in [5, 5.41) is 16.1. The molecule has 9 heteroatoms. The molecule has 0 aliphatic heterocycles. The van der Waals surface area contributed by atoms with Crippen molar-refractivity contribution >= 4 is 27.8 Å². The minimum absolute atomic E-state index is 0.176. The van der Waals surface area contributed by atoms with E-state index in [0.29, 0.717) is 40.0 Å². The lowest BCUT2D eigenvalue weighted by Gasteiger charge is -2.14. The number of aromatic hydroxyl groups is 1. The SMILES string of the molecule is CCc1ccc(F)cc1-c1nc2ccccc2cc1Cn1nc(-c2cc(O)cc(F)c2)c2c(N)ncnc21. The first kappa shape index (κ1) is 23.5. The Balaban J connectivity index is 1.59. The first-order valence-electron chi connectivity index (χ1n) is 12.1. The molecular weight excluding hydrogens is 486 g/mol. The van der Waals surface area contributed by atoms with Gasteiger partial charge >= 0.3 is 0 Å². The molecule has 6 aromatic rings. The van der Waals surface area contributed by atoms with Crippen molar-refractivity contribution < 1.29 is 13.9 Å². The Morgan fingerprint density at radius 1 is 0.895 bits per heavy atom. The zero-order chi connectivity index (χ0) is 26.4. The van der Waals surface area contributed by atoms with Gasteiger partial charge in [0.1, 0.15) is 35.2 Å². The molecular formula is C29H22F2N6O. The number of phenols is 1. The number of nitrogen functional groups attached to an aromatic ring is 1. The highest BCUT2D eigenvalue weighted by Gasteiger charge is 2.21. The predicted molar refractivity (Wildman–Crippen MR) is 142 cm³/mol. The summed E-state index contributed by atoms with van der Waals surface area (Å²) >= 11 is 0. The average Bonchev–Trinajstić information content (AvgIpc) is 3.27. The van der Waals surface area contributed by atoms with Crippen LogP contribution in [-0.2, 0) is 13.0 Å². The average molecular weight is 509 g/mol. The number of halogens is 2. The molecule has 0 unspecified atom stereocenters. The normalized spacial score (nSPS) is 11.4. The Morgan fingerprint density at radius 3 is 2.55 bits per heavy atom. The quantitative estimate of drug-likeness (QED) is 0.301. The molecule has 0 saturated carbocycles. The van der Waals surface area contributed by atoms with Crippen LogP contribution in [0, 0.1) is 11.6 Å². The van der Waals surface area contributed by atoms with Crippen molar-refractivity contribution in [3.8, 4) is 28.3 Å². The Hall–Kier alpha value is -4.92. The Bertz CT molecular complexity index is 1830. The number of pyridine rings is 1. The van der Waals surface area contributed by atoms with Gasteiger partial charge in [-0.2, -0.15) is 5.10 Å². The first-order chi connectivity index (χ1) is 18.4. The van der Waals surface area contributed by atoms with Gasteiger partial charge in [-0.25, -0.2) is 28.4 Å². The van der Waals surface area contributed by atoms with Gasteiger partial charge < -0.3 is 10.8 Å². The molecule has 188 valence electrons. The maximum Gasteiger partial charge on any atom is 0.164 e. The highest BCUT2D eigenvalue weighted by Crippen LogP contribution is 2.35. The van der Waals surface area contributed by atoms with Gasteiger partial charge in [0.25, 0.3) is 0 Å². The lowest BCUT2D eigenvalue weighted by Crippen LogP contribution is -2.07. The molecule has 0 bridgehead atoms. The van der Waals surface area contributed by atoms with Gasteiger partial charge in [0.2, 0.25) is 0 Å². The van der Waals surface area contributed by atoms with Crippen LogP contribution in [0.2, 0.25) is 0 Å². The zero-order valence-corrected chi connectivity index (χ0v) is 20.4. The number of fused-ring (bicyclic) bond motifs is 2. The van der Waals surface area contributed by atoms with E-state index >= 15 is 0 Å². The molecule has 3 aromatic heterocycles. The number of anilines is 1. The second-order valence-corrected chi connectivity index (χ2v) is 9.01. The van der Waals surface area contributed by atoms with Crippen LogP contribution in [0.4, 0.5) is 14.6 Å². The molecule has 7 nitrogen and oxygen atoms in total. The van der Waals surface area contributed by atoms with Crippen LogP contribution in [0.5, 0.6) is 5.75 Å².